The highest BCUT2D eigenvalue weighted by Gasteiger charge is 2.26. The maximum atomic E-state index is 12.6. The molecule has 0 saturated carbocycles. The number of aromatic amines is 1. The maximum absolute atomic E-state index is 12.6. The summed E-state index contributed by atoms with van der Waals surface area (Å²) in [6.07, 6.45) is 7.19. The number of hydrogen-bond acceptors (Lipinski definition) is 3. The van der Waals surface area contributed by atoms with Crippen LogP contribution < -0.4 is 0 Å². The summed E-state index contributed by atoms with van der Waals surface area (Å²) >= 11 is 0. The largest absolute Gasteiger partial charge is 0.342 e. The summed E-state index contributed by atoms with van der Waals surface area (Å²) < 4.78 is 2.06. The van der Waals surface area contributed by atoms with Gasteiger partial charge in [-0.1, -0.05) is 0 Å². The molecule has 0 aromatic carbocycles. The first-order valence-electron chi connectivity index (χ1n) is 8.31. The van der Waals surface area contributed by atoms with Crippen LogP contribution in [0.2, 0.25) is 0 Å². The molecule has 1 amide bonds. The number of nitrogens with one attached hydrogen (secondary N) is 1. The van der Waals surface area contributed by atoms with Gasteiger partial charge in [0.15, 0.2) is 0 Å². The van der Waals surface area contributed by atoms with Crippen LogP contribution in [0.1, 0.15) is 48.0 Å². The van der Waals surface area contributed by atoms with Crippen LogP contribution in [0, 0.1) is 13.8 Å². The fourth-order valence-electron chi connectivity index (χ4n) is 3.35. The van der Waals surface area contributed by atoms with Crippen molar-refractivity contribution in [3.05, 3.63) is 35.2 Å². The van der Waals surface area contributed by atoms with Crippen molar-refractivity contribution in [3.8, 4) is 0 Å². The van der Waals surface area contributed by atoms with E-state index in [9.17, 15) is 4.79 Å². The summed E-state index contributed by atoms with van der Waals surface area (Å²) in [6, 6.07) is 0. The monoisotopic (exact) mass is 315 g/mol. The molecule has 1 N–H and O–H groups in total. The first kappa shape index (κ1) is 15.8. The number of likely N-dealkylation sites (tertiary alicyclic amines) is 1. The molecule has 0 spiro atoms. The Morgan fingerprint density at radius 3 is 2.91 bits per heavy atom. The molecule has 124 valence electrons. The Bertz CT molecular complexity index is 687. The highest BCUT2D eigenvalue weighted by molar-refractivity contribution is 5.76. The molecule has 0 bridgehead atoms. The zero-order chi connectivity index (χ0) is 16.4. The van der Waals surface area contributed by atoms with Crippen molar-refractivity contribution in [3.63, 3.8) is 0 Å². The number of carbonyl (C=O) groups excluding carboxylic acids is 1. The minimum Gasteiger partial charge on any atom is -0.342 e. The van der Waals surface area contributed by atoms with Crippen molar-refractivity contribution in [1.82, 2.24) is 24.6 Å². The van der Waals surface area contributed by atoms with E-state index in [1.54, 1.807) is 0 Å². The van der Waals surface area contributed by atoms with Crippen LogP contribution in [0.5, 0.6) is 0 Å². The van der Waals surface area contributed by atoms with Crippen molar-refractivity contribution >= 4 is 5.91 Å². The number of nitrogens with zero attached hydrogens (tertiary/aromatic N) is 4. The van der Waals surface area contributed by atoms with Crippen molar-refractivity contribution in [2.45, 2.75) is 45.4 Å². The molecule has 1 aliphatic heterocycles. The molecule has 1 fully saturated rings. The predicted molar refractivity (Wildman–Crippen MR) is 88.1 cm³/mol. The summed E-state index contributed by atoms with van der Waals surface area (Å²) in [4.78, 5) is 19.0. The number of aromatic nitrogens is 4. The second kappa shape index (κ2) is 6.56. The van der Waals surface area contributed by atoms with E-state index in [0.29, 0.717) is 18.8 Å². The lowest BCUT2D eigenvalue weighted by molar-refractivity contribution is -0.132. The topological polar surface area (TPSA) is 66.8 Å². The molecule has 0 unspecified atom stereocenters. The molecule has 6 nitrogen and oxygen atoms in total. The number of aryl methyl sites for hydroxylation is 3. The highest BCUT2D eigenvalue weighted by Crippen LogP contribution is 2.26. The van der Waals surface area contributed by atoms with Gasteiger partial charge in [-0.05, 0) is 32.3 Å². The van der Waals surface area contributed by atoms with Gasteiger partial charge in [-0.3, -0.25) is 9.89 Å². The number of imidazole rings is 1. The van der Waals surface area contributed by atoms with E-state index in [4.69, 9.17) is 0 Å². The van der Waals surface area contributed by atoms with Gasteiger partial charge in [0, 0.05) is 57.0 Å². The first-order chi connectivity index (χ1) is 11.1. The minimum atomic E-state index is 0.226. The van der Waals surface area contributed by atoms with Crippen LogP contribution in [-0.2, 0) is 18.3 Å². The second-order valence-electron chi connectivity index (χ2n) is 6.50. The van der Waals surface area contributed by atoms with E-state index in [2.05, 4.69) is 26.7 Å². The summed E-state index contributed by atoms with van der Waals surface area (Å²) in [7, 11) is 2.02. The Balaban J connectivity index is 1.59. The van der Waals surface area contributed by atoms with E-state index in [-0.39, 0.29) is 5.91 Å². The lowest BCUT2D eigenvalue weighted by Gasteiger charge is -2.32. The number of carbonyl (C=O) groups is 1. The van der Waals surface area contributed by atoms with E-state index < -0.39 is 0 Å². The van der Waals surface area contributed by atoms with Gasteiger partial charge < -0.3 is 9.47 Å². The first-order valence-corrected chi connectivity index (χ1v) is 8.31. The van der Waals surface area contributed by atoms with E-state index >= 15 is 0 Å². The molecule has 6 heteroatoms. The Kier molecular flexibility index (Phi) is 4.50. The maximum Gasteiger partial charge on any atom is 0.222 e. The standard InChI is InChI=1S/C17H25N5O/c1-12-13(2)19-20-15(12)6-7-16(23)22-9-4-5-14(11-22)17-18-8-10-21(17)3/h8,10,14H,4-7,9,11H2,1-3H3,(H,19,20)/t14-/m0/s1. The minimum absolute atomic E-state index is 0.226. The quantitative estimate of drug-likeness (QED) is 0.939. The smallest absolute Gasteiger partial charge is 0.222 e. The fourth-order valence-corrected chi connectivity index (χ4v) is 3.35. The average Bonchev–Trinajstić information content (AvgIpc) is 3.12. The van der Waals surface area contributed by atoms with Crippen molar-refractivity contribution in [2.75, 3.05) is 13.1 Å². The summed E-state index contributed by atoms with van der Waals surface area (Å²) in [5.74, 6) is 1.66. The van der Waals surface area contributed by atoms with E-state index in [0.717, 1.165) is 43.1 Å². The summed E-state index contributed by atoms with van der Waals surface area (Å²) in [5, 5.41) is 7.28. The summed E-state index contributed by atoms with van der Waals surface area (Å²) in [5.41, 5.74) is 3.26. The molecule has 3 rings (SSSR count). The van der Waals surface area contributed by atoms with Crippen LogP contribution >= 0.6 is 0 Å². The number of piperidine rings is 1. The molecular weight excluding hydrogens is 290 g/mol. The molecular formula is C17H25N5O. The van der Waals surface area contributed by atoms with Gasteiger partial charge in [0.2, 0.25) is 5.91 Å². The van der Waals surface area contributed by atoms with Crippen molar-refractivity contribution in [2.24, 2.45) is 7.05 Å². The number of rotatable bonds is 4. The normalized spacial score (nSPS) is 18.4. The zero-order valence-electron chi connectivity index (χ0n) is 14.2. The third-order valence-corrected chi connectivity index (χ3v) is 4.93. The van der Waals surface area contributed by atoms with Crippen LogP contribution in [0.4, 0.5) is 0 Å². The molecule has 0 aliphatic carbocycles. The molecule has 0 radical (unpaired) electrons. The predicted octanol–water partition coefficient (Wildman–Crippen LogP) is 2.10. The lowest BCUT2D eigenvalue weighted by atomic mass is 9.96. The number of amides is 1. The Morgan fingerprint density at radius 2 is 2.26 bits per heavy atom. The zero-order valence-corrected chi connectivity index (χ0v) is 14.2. The van der Waals surface area contributed by atoms with Crippen LogP contribution in [0.25, 0.3) is 0 Å². The highest BCUT2D eigenvalue weighted by atomic mass is 16.2. The average molecular weight is 315 g/mol. The lowest BCUT2D eigenvalue weighted by Crippen LogP contribution is -2.39. The van der Waals surface area contributed by atoms with Gasteiger partial charge in [-0.25, -0.2) is 4.98 Å². The van der Waals surface area contributed by atoms with Gasteiger partial charge in [0.25, 0.3) is 0 Å². The van der Waals surface area contributed by atoms with E-state index in [1.807, 2.05) is 31.3 Å². The molecule has 1 atom stereocenters. The molecule has 3 heterocycles. The molecule has 2 aromatic heterocycles. The Hall–Kier alpha value is -2.11. The van der Waals surface area contributed by atoms with Crippen molar-refractivity contribution < 1.29 is 4.79 Å². The number of H-pyrrole nitrogens is 1. The third-order valence-electron chi connectivity index (χ3n) is 4.93. The Morgan fingerprint density at radius 1 is 1.43 bits per heavy atom. The van der Waals surface area contributed by atoms with Gasteiger partial charge in [0.05, 0.1) is 5.69 Å². The molecule has 1 aliphatic rings. The second-order valence-corrected chi connectivity index (χ2v) is 6.50. The van der Waals surface area contributed by atoms with Crippen LogP contribution in [-0.4, -0.2) is 43.6 Å². The van der Waals surface area contributed by atoms with Crippen LogP contribution in [0.15, 0.2) is 12.4 Å². The Labute approximate surface area is 136 Å². The van der Waals surface area contributed by atoms with Crippen LogP contribution in [0.3, 0.4) is 0 Å². The fraction of sp³-hybridized carbons (Fsp3) is 0.588. The van der Waals surface area contributed by atoms with E-state index in [1.165, 1.54) is 5.56 Å². The molecule has 23 heavy (non-hydrogen) atoms. The third kappa shape index (κ3) is 3.30. The SMILES string of the molecule is Cc1[nH]nc(CCC(=O)N2CCC[C@H](c3nccn3C)C2)c1C. The van der Waals surface area contributed by atoms with Gasteiger partial charge in [-0.15, -0.1) is 0 Å². The molecule has 2 aromatic rings. The summed E-state index contributed by atoms with van der Waals surface area (Å²) in [6.45, 7) is 5.70. The molecule has 1 saturated heterocycles. The van der Waals surface area contributed by atoms with Gasteiger partial charge in [0.1, 0.15) is 5.82 Å². The van der Waals surface area contributed by atoms with Gasteiger partial charge in [-0.2, -0.15) is 5.10 Å². The number of hydrogen-bond donors (Lipinski definition) is 1. The van der Waals surface area contributed by atoms with Gasteiger partial charge >= 0.3 is 0 Å². The van der Waals surface area contributed by atoms with Crippen molar-refractivity contribution in [1.29, 1.82) is 0 Å².